The van der Waals surface area contributed by atoms with Crippen molar-refractivity contribution in [2.24, 2.45) is 0 Å². The molecule has 0 aromatic heterocycles. The zero-order valence-electron chi connectivity index (χ0n) is 24.9. The summed E-state index contributed by atoms with van der Waals surface area (Å²) in [6.07, 6.45) is -3.06. The molecule has 2 aliphatic rings. The van der Waals surface area contributed by atoms with E-state index in [4.69, 9.17) is 14.2 Å². The fourth-order valence-corrected chi connectivity index (χ4v) is 7.35. The predicted molar refractivity (Wildman–Crippen MR) is 161 cm³/mol. The molecule has 256 valence electrons. The molecule has 0 spiro atoms. The van der Waals surface area contributed by atoms with Crippen molar-refractivity contribution in [2.45, 2.75) is 24.8 Å². The SMILES string of the molecule is CC(=O)NC[C@H]1CN(c2ccc(N3CCN(C(=O)COC(=O)Oc4ccc(CC(P(=O)(O)O)P(=O)(O)O)cc4)CC3)c(F)c2)C(=O)O1. The van der Waals surface area contributed by atoms with Crippen LogP contribution < -0.4 is 19.9 Å². The fourth-order valence-electron chi connectivity index (χ4n) is 4.89. The van der Waals surface area contributed by atoms with Gasteiger partial charge in [-0.25, -0.2) is 14.0 Å². The lowest BCUT2D eigenvalue weighted by Gasteiger charge is -2.36. The Balaban J connectivity index is 1.22. The smallest absolute Gasteiger partial charge is 0.442 e. The number of nitrogens with one attached hydrogen (secondary N) is 1. The molecule has 0 aliphatic carbocycles. The topological polar surface area (TPSA) is 233 Å². The van der Waals surface area contributed by atoms with Gasteiger partial charge in [-0.15, -0.1) is 0 Å². The summed E-state index contributed by atoms with van der Waals surface area (Å²) in [6, 6.07) is 9.27. The molecule has 1 atom stereocenters. The first-order valence-corrected chi connectivity index (χ1v) is 17.5. The van der Waals surface area contributed by atoms with Gasteiger partial charge in [0.1, 0.15) is 17.7 Å². The number of rotatable bonds is 11. The van der Waals surface area contributed by atoms with Crippen LogP contribution >= 0.6 is 15.2 Å². The Labute approximate surface area is 267 Å². The number of nitrogens with zero attached hydrogens (tertiary/aromatic N) is 3. The molecular weight excluding hydrogens is 669 g/mol. The highest BCUT2D eigenvalue weighted by Gasteiger charge is 2.43. The van der Waals surface area contributed by atoms with Crippen LogP contribution in [0, 0.1) is 5.82 Å². The zero-order valence-corrected chi connectivity index (χ0v) is 26.7. The Morgan fingerprint density at radius 1 is 1.02 bits per heavy atom. The first-order valence-electron chi connectivity index (χ1n) is 14.1. The van der Waals surface area contributed by atoms with Gasteiger partial charge in [-0.1, -0.05) is 12.1 Å². The number of piperazine rings is 1. The van der Waals surface area contributed by atoms with E-state index in [0.717, 1.165) is 0 Å². The van der Waals surface area contributed by atoms with Gasteiger partial charge in [-0.05, 0) is 42.3 Å². The van der Waals surface area contributed by atoms with Crippen LogP contribution in [0.3, 0.4) is 0 Å². The normalized spacial score (nSPS) is 17.0. The van der Waals surface area contributed by atoms with Crippen molar-refractivity contribution in [3.8, 4) is 5.75 Å². The summed E-state index contributed by atoms with van der Waals surface area (Å²) in [5.41, 5.74) is 0.731. The van der Waals surface area contributed by atoms with Crippen LogP contribution in [0.5, 0.6) is 5.75 Å². The highest BCUT2D eigenvalue weighted by Crippen LogP contribution is 2.60. The van der Waals surface area contributed by atoms with E-state index in [9.17, 15) is 47.9 Å². The van der Waals surface area contributed by atoms with Crippen molar-refractivity contribution in [3.63, 3.8) is 0 Å². The molecule has 0 radical (unpaired) electrons. The minimum atomic E-state index is -5.11. The van der Waals surface area contributed by atoms with Crippen LogP contribution in [-0.4, -0.2) is 106 Å². The predicted octanol–water partition coefficient (Wildman–Crippen LogP) is 1.38. The summed E-state index contributed by atoms with van der Waals surface area (Å²) in [4.78, 5) is 89.6. The third-order valence-corrected chi connectivity index (χ3v) is 11.0. The molecule has 17 nitrogen and oxygen atoms in total. The molecule has 47 heavy (non-hydrogen) atoms. The summed E-state index contributed by atoms with van der Waals surface area (Å²) >= 11 is 0. The number of hydrogen-bond acceptors (Lipinski definition) is 10. The maximum atomic E-state index is 15.1. The quantitative estimate of drug-likeness (QED) is 0.127. The standard InChI is InChI=1S/C27H33FN4O13P2/c1-17(33)29-14-21-15-32(26(35)44-21)19-4-7-23(22(28)13-19)30-8-10-31(11-9-30)24(34)16-43-27(36)45-20-5-2-18(3-6-20)12-25(46(37,38)39)47(40,41)42/h2-7,13,21,25H,8-12,14-16H2,1H3,(H,29,33)(H2,37,38,39)(H2,40,41,42)/t21-/m0/s1. The summed E-state index contributed by atoms with van der Waals surface area (Å²) in [7, 11) is -10.2. The molecule has 3 amide bonds. The van der Waals surface area contributed by atoms with E-state index in [1.165, 1.54) is 53.1 Å². The average molecular weight is 703 g/mol. The number of benzene rings is 2. The number of carbonyl (C=O) groups excluding carboxylic acids is 4. The van der Waals surface area contributed by atoms with Crippen molar-refractivity contribution in [1.29, 1.82) is 0 Å². The highest BCUT2D eigenvalue weighted by atomic mass is 31.2. The van der Waals surface area contributed by atoms with Gasteiger partial charge in [0.2, 0.25) is 5.91 Å². The van der Waals surface area contributed by atoms with Gasteiger partial charge >= 0.3 is 27.4 Å². The Bertz CT molecular complexity index is 1570. The number of amides is 3. The summed E-state index contributed by atoms with van der Waals surface area (Å²) < 4.78 is 53.1. The number of hydrogen-bond donors (Lipinski definition) is 5. The average Bonchev–Trinajstić information content (AvgIpc) is 3.37. The van der Waals surface area contributed by atoms with Gasteiger partial charge < -0.3 is 48.9 Å². The van der Waals surface area contributed by atoms with E-state index < -0.39 is 63.7 Å². The van der Waals surface area contributed by atoms with Gasteiger partial charge in [0, 0.05) is 33.1 Å². The molecule has 2 heterocycles. The molecule has 0 saturated carbocycles. The number of ether oxygens (including phenoxy) is 3. The maximum absolute atomic E-state index is 15.1. The summed E-state index contributed by atoms with van der Waals surface area (Å²) in [6.45, 7) is 1.93. The van der Waals surface area contributed by atoms with Gasteiger partial charge in [0.15, 0.2) is 12.0 Å². The van der Waals surface area contributed by atoms with Crippen molar-refractivity contribution in [1.82, 2.24) is 10.2 Å². The van der Waals surface area contributed by atoms with E-state index >= 15 is 4.39 Å². The van der Waals surface area contributed by atoms with Crippen molar-refractivity contribution in [2.75, 3.05) is 55.7 Å². The molecule has 20 heteroatoms. The first kappa shape index (κ1) is 35.8. The largest absolute Gasteiger partial charge is 0.514 e. The van der Waals surface area contributed by atoms with Crippen LogP contribution in [0.4, 0.5) is 25.4 Å². The lowest BCUT2D eigenvalue weighted by atomic mass is 10.2. The van der Waals surface area contributed by atoms with E-state index in [1.54, 1.807) is 11.0 Å². The molecule has 4 rings (SSSR count). The van der Waals surface area contributed by atoms with E-state index in [2.05, 4.69) is 5.32 Å². The summed E-state index contributed by atoms with van der Waals surface area (Å²) in [5.74, 6) is -1.42. The van der Waals surface area contributed by atoms with Crippen molar-refractivity contribution in [3.05, 3.63) is 53.8 Å². The molecule has 2 saturated heterocycles. The zero-order chi connectivity index (χ0) is 34.5. The minimum absolute atomic E-state index is 0.0526. The monoisotopic (exact) mass is 702 g/mol. The van der Waals surface area contributed by atoms with Crippen molar-refractivity contribution < 1.29 is 66.5 Å². The fraction of sp³-hybridized carbons (Fsp3) is 0.407. The third kappa shape index (κ3) is 9.73. The highest BCUT2D eigenvalue weighted by molar-refractivity contribution is 7.70. The Hall–Kier alpha value is -4.05. The van der Waals surface area contributed by atoms with Crippen LogP contribution in [0.25, 0.3) is 0 Å². The first-order chi connectivity index (χ1) is 22.0. The molecule has 2 aromatic carbocycles. The van der Waals surface area contributed by atoms with Gasteiger partial charge in [0.25, 0.3) is 5.91 Å². The molecule has 2 fully saturated rings. The van der Waals surface area contributed by atoms with Crippen LogP contribution in [-0.2, 0) is 34.6 Å². The number of cyclic esters (lactones) is 1. The van der Waals surface area contributed by atoms with E-state index in [-0.39, 0.29) is 62.2 Å². The van der Waals surface area contributed by atoms with Gasteiger partial charge in [-0.3, -0.25) is 23.6 Å². The van der Waals surface area contributed by atoms with Gasteiger partial charge in [0.05, 0.1) is 24.5 Å². The van der Waals surface area contributed by atoms with E-state index in [0.29, 0.717) is 5.69 Å². The van der Waals surface area contributed by atoms with Crippen molar-refractivity contribution >= 4 is 50.6 Å². The Kier molecular flexibility index (Phi) is 11.3. The molecular formula is C27H33FN4O13P2. The Morgan fingerprint density at radius 2 is 1.66 bits per heavy atom. The van der Waals surface area contributed by atoms with E-state index in [1.807, 2.05) is 0 Å². The molecule has 2 aliphatic heterocycles. The molecule has 2 aromatic rings. The number of halogens is 1. The number of carbonyl (C=O) groups is 4. The lowest BCUT2D eigenvalue weighted by molar-refractivity contribution is -0.135. The summed E-state index contributed by atoms with van der Waals surface area (Å²) in [5, 5.41) is 0.348. The molecule has 5 N–H and O–H groups in total. The van der Waals surface area contributed by atoms with Crippen LogP contribution in [0.15, 0.2) is 42.5 Å². The number of anilines is 2. The second-order valence-corrected chi connectivity index (χ2v) is 14.7. The lowest BCUT2D eigenvalue weighted by Crippen LogP contribution is -2.50. The van der Waals surface area contributed by atoms with Gasteiger partial charge in [-0.2, -0.15) is 0 Å². The second kappa shape index (κ2) is 14.8. The Morgan fingerprint density at radius 3 is 2.23 bits per heavy atom. The third-order valence-electron chi connectivity index (χ3n) is 7.30. The minimum Gasteiger partial charge on any atom is -0.442 e. The second-order valence-electron chi connectivity index (χ2n) is 10.7. The molecule has 0 unspecified atom stereocenters. The van der Waals surface area contributed by atoms with Crippen LogP contribution in [0.1, 0.15) is 12.5 Å². The maximum Gasteiger partial charge on any atom is 0.514 e. The van der Waals surface area contributed by atoms with Crippen LogP contribution in [0.2, 0.25) is 0 Å². The molecule has 0 bridgehead atoms.